The summed E-state index contributed by atoms with van der Waals surface area (Å²) in [7, 11) is 3.32. The number of aromatic amines is 1. The topological polar surface area (TPSA) is 67.5 Å². The highest BCUT2D eigenvalue weighted by Crippen LogP contribution is 2.33. The first-order valence-corrected chi connectivity index (χ1v) is 9.03. The summed E-state index contributed by atoms with van der Waals surface area (Å²) < 4.78 is 11.0. The Bertz CT molecular complexity index is 832. The van der Waals surface area contributed by atoms with Gasteiger partial charge in [-0.3, -0.25) is 9.69 Å². The zero-order chi connectivity index (χ0) is 18.7. The Hall–Kier alpha value is -2.34. The van der Waals surface area contributed by atoms with Gasteiger partial charge in [-0.2, -0.15) is 0 Å². The number of ether oxygens (including phenoxy) is 2. The molecular formula is C20H27N3O3. The van der Waals surface area contributed by atoms with Crippen LogP contribution >= 0.6 is 0 Å². The minimum absolute atomic E-state index is 0.0286. The molecule has 0 amide bonds. The molecule has 1 atom stereocenters. The summed E-state index contributed by atoms with van der Waals surface area (Å²) in [4.78, 5) is 22.1. The van der Waals surface area contributed by atoms with Gasteiger partial charge >= 0.3 is 0 Å². The maximum absolute atomic E-state index is 12.1. The van der Waals surface area contributed by atoms with Gasteiger partial charge in [0.15, 0.2) is 11.5 Å². The fourth-order valence-corrected chi connectivity index (χ4v) is 3.60. The zero-order valence-corrected chi connectivity index (χ0v) is 16.0. The molecule has 1 unspecified atom stereocenters. The molecule has 6 nitrogen and oxygen atoms in total. The minimum atomic E-state index is -0.0286. The lowest BCUT2D eigenvalue weighted by Gasteiger charge is -2.32. The molecule has 1 fully saturated rings. The van der Waals surface area contributed by atoms with Gasteiger partial charge in [-0.15, -0.1) is 0 Å². The summed E-state index contributed by atoms with van der Waals surface area (Å²) in [5.74, 6) is 2.58. The summed E-state index contributed by atoms with van der Waals surface area (Å²) in [5, 5.41) is 0. The highest BCUT2D eigenvalue weighted by atomic mass is 16.5. The SMILES string of the molecule is COc1cccc(CN2CCCC(c3nc(C)c(C)c(=O)[nH]3)C2)c1OC. The molecule has 2 aromatic rings. The van der Waals surface area contributed by atoms with E-state index in [1.54, 1.807) is 14.2 Å². The fourth-order valence-electron chi connectivity index (χ4n) is 3.60. The third-order valence-corrected chi connectivity index (χ3v) is 5.18. The highest BCUT2D eigenvalue weighted by molar-refractivity contribution is 5.46. The molecule has 1 aliphatic heterocycles. The number of hydrogen-bond donors (Lipinski definition) is 1. The lowest BCUT2D eigenvalue weighted by Crippen LogP contribution is -2.35. The summed E-state index contributed by atoms with van der Waals surface area (Å²) in [6.07, 6.45) is 2.12. The van der Waals surface area contributed by atoms with Gasteiger partial charge in [-0.05, 0) is 39.3 Å². The van der Waals surface area contributed by atoms with Gasteiger partial charge in [-0.1, -0.05) is 12.1 Å². The summed E-state index contributed by atoms with van der Waals surface area (Å²) in [5.41, 5.74) is 2.59. The van der Waals surface area contributed by atoms with E-state index < -0.39 is 0 Å². The minimum Gasteiger partial charge on any atom is -0.493 e. The van der Waals surface area contributed by atoms with Crippen LogP contribution in [0.3, 0.4) is 0 Å². The summed E-state index contributed by atoms with van der Waals surface area (Å²) in [6.45, 7) is 6.38. The van der Waals surface area contributed by atoms with Crippen molar-refractivity contribution in [1.82, 2.24) is 14.9 Å². The molecule has 0 saturated carbocycles. The van der Waals surface area contributed by atoms with Crippen molar-refractivity contribution < 1.29 is 9.47 Å². The van der Waals surface area contributed by atoms with E-state index in [1.807, 2.05) is 26.0 Å². The van der Waals surface area contributed by atoms with Crippen LogP contribution in [0.25, 0.3) is 0 Å². The zero-order valence-electron chi connectivity index (χ0n) is 16.0. The molecule has 140 valence electrons. The van der Waals surface area contributed by atoms with Crippen molar-refractivity contribution in [3.63, 3.8) is 0 Å². The van der Waals surface area contributed by atoms with E-state index in [0.29, 0.717) is 5.56 Å². The number of nitrogens with one attached hydrogen (secondary N) is 1. The molecule has 0 bridgehead atoms. The van der Waals surface area contributed by atoms with Crippen LogP contribution < -0.4 is 15.0 Å². The number of rotatable bonds is 5. The van der Waals surface area contributed by atoms with Crippen LogP contribution in [0, 0.1) is 13.8 Å². The van der Waals surface area contributed by atoms with Gasteiger partial charge in [0.2, 0.25) is 0 Å². The molecule has 6 heteroatoms. The Labute approximate surface area is 154 Å². The number of likely N-dealkylation sites (tertiary alicyclic amines) is 1. The predicted octanol–water partition coefficient (Wildman–Crippen LogP) is 2.78. The average Bonchev–Trinajstić information content (AvgIpc) is 2.65. The fraction of sp³-hybridized carbons (Fsp3) is 0.500. The van der Waals surface area contributed by atoms with E-state index in [2.05, 4.69) is 20.9 Å². The van der Waals surface area contributed by atoms with Crippen LogP contribution in [-0.2, 0) is 6.54 Å². The maximum atomic E-state index is 12.1. The Balaban J connectivity index is 1.79. The van der Waals surface area contributed by atoms with Crippen molar-refractivity contribution in [2.24, 2.45) is 0 Å². The van der Waals surface area contributed by atoms with Crippen molar-refractivity contribution >= 4 is 0 Å². The lowest BCUT2D eigenvalue weighted by molar-refractivity contribution is 0.193. The van der Waals surface area contributed by atoms with Crippen LogP contribution in [0.4, 0.5) is 0 Å². The second-order valence-electron chi connectivity index (χ2n) is 6.89. The monoisotopic (exact) mass is 357 g/mol. The summed E-state index contributed by atoms with van der Waals surface area (Å²) in [6, 6.07) is 5.96. The number of para-hydroxylation sites is 1. The van der Waals surface area contributed by atoms with Gasteiger partial charge in [0.25, 0.3) is 5.56 Å². The first kappa shape index (κ1) is 18.5. The lowest BCUT2D eigenvalue weighted by atomic mass is 9.96. The third-order valence-electron chi connectivity index (χ3n) is 5.18. The van der Waals surface area contributed by atoms with Gasteiger partial charge in [-0.25, -0.2) is 4.98 Å². The molecule has 2 heterocycles. The molecule has 1 aromatic heterocycles. The Kier molecular flexibility index (Phi) is 5.61. The van der Waals surface area contributed by atoms with E-state index in [1.165, 1.54) is 0 Å². The average molecular weight is 357 g/mol. The quantitative estimate of drug-likeness (QED) is 0.891. The maximum Gasteiger partial charge on any atom is 0.254 e. The van der Waals surface area contributed by atoms with Crippen molar-refractivity contribution in [3.05, 3.63) is 51.2 Å². The van der Waals surface area contributed by atoms with Gasteiger partial charge in [0, 0.05) is 35.8 Å². The molecule has 1 aliphatic rings. The van der Waals surface area contributed by atoms with E-state index in [4.69, 9.17) is 9.47 Å². The van der Waals surface area contributed by atoms with Crippen LogP contribution in [-0.4, -0.2) is 42.2 Å². The van der Waals surface area contributed by atoms with Gasteiger partial charge in [0.05, 0.1) is 14.2 Å². The van der Waals surface area contributed by atoms with E-state index in [-0.39, 0.29) is 11.5 Å². The number of methoxy groups -OCH3 is 2. The Morgan fingerprint density at radius 2 is 2.08 bits per heavy atom. The first-order valence-electron chi connectivity index (χ1n) is 9.03. The van der Waals surface area contributed by atoms with Crippen LogP contribution in [0.2, 0.25) is 0 Å². The molecule has 26 heavy (non-hydrogen) atoms. The van der Waals surface area contributed by atoms with E-state index >= 15 is 0 Å². The number of piperidine rings is 1. The Morgan fingerprint density at radius 1 is 1.27 bits per heavy atom. The van der Waals surface area contributed by atoms with Crippen molar-refractivity contribution in [1.29, 1.82) is 0 Å². The van der Waals surface area contributed by atoms with Crippen LogP contribution in [0.5, 0.6) is 11.5 Å². The van der Waals surface area contributed by atoms with Crippen molar-refractivity contribution in [2.75, 3.05) is 27.3 Å². The number of aromatic nitrogens is 2. The molecule has 1 saturated heterocycles. The van der Waals surface area contributed by atoms with Crippen molar-refractivity contribution in [2.45, 2.75) is 39.2 Å². The number of nitrogens with zero attached hydrogens (tertiary/aromatic N) is 2. The molecule has 1 aromatic carbocycles. The largest absolute Gasteiger partial charge is 0.493 e. The second-order valence-corrected chi connectivity index (χ2v) is 6.89. The molecule has 0 spiro atoms. The number of H-pyrrole nitrogens is 1. The van der Waals surface area contributed by atoms with Gasteiger partial charge < -0.3 is 14.5 Å². The first-order chi connectivity index (χ1) is 12.5. The molecule has 0 aliphatic carbocycles. The van der Waals surface area contributed by atoms with E-state index in [9.17, 15) is 4.79 Å². The van der Waals surface area contributed by atoms with Gasteiger partial charge in [0.1, 0.15) is 5.82 Å². The number of benzene rings is 1. The standard InChI is InChI=1S/C20H27N3O3/c1-13-14(2)21-19(22-20(13)24)16-8-6-10-23(12-16)11-15-7-5-9-17(25-3)18(15)26-4/h5,7,9,16H,6,8,10-12H2,1-4H3,(H,21,22,24). The molecule has 0 radical (unpaired) electrons. The van der Waals surface area contributed by atoms with Crippen molar-refractivity contribution in [3.8, 4) is 11.5 Å². The molecule has 1 N–H and O–H groups in total. The predicted molar refractivity (Wildman–Crippen MR) is 101 cm³/mol. The van der Waals surface area contributed by atoms with E-state index in [0.717, 1.165) is 61.1 Å². The van der Waals surface area contributed by atoms with Crippen LogP contribution in [0.1, 0.15) is 41.4 Å². The molecular weight excluding hydrogens is 330 g/mol. The highest BCUT2D eigenvalue weighted by Gasteiger charge is 2.25. The summed E-state index contributed by atoms with van der Waals surface area (Å²) >= 11 is 0. The number of hydrogen-bond acceptors (Lipinski definition) is 5. The second kappa shape index (κ2) is 7.91. The number of aryl methyl sites for hydroxylation is 1. The Morgan fingerprint density at radius 3 is 2.77 bits per heavy atom. The van der Waals surface area contributed by atoms with Crippen LogP contribution in [0.15, 0.2) is 23.0 Å². The smallest absolute Gasteiger partial charge is 0.254 e. The normalized spacial score (nSPS) is 17.9. The molecule has 3 rings (SSSR count). The third kappa shape index (κ3) is 3.75.